The molecular weight excluding hydrogens is 114 g/mol. The van der Waals surface area contributed by atoms with Crippen LogP contribution in [0.15, 0.2) is 0 Å². The summed E-state index contributed by atoms with van der Waals surface area (Å²) in [6.07, 6.45) is 0. The Bertz CT molecular complexity index is 140. The summed E-state index contributed by atoms with van der Waals surface area (Å²) in [5, 5.41) is 2.82. The predicted molar refractivity (Wildman–Crippen MR) is 36.0 cm³/mol. The van der Waals surface area contributed by atoms with Crippen molar-refractivity contribution >= 4 is 5.91 Å². The van der Waals surface area contributed by atoms with Gasteiger partial charge in [0.25, 0.3) is 0 Å². The first-order valence-corrected chi connectivity index (χ1v) is 3.33. The minimum atomic E-state index is -0.139. The minimum Gasteiger partial charge on any atom is -0.355 e. The lowest BCUT2D eigenvalue weighted by molar-refractivity contribution is -0.126. The van der Waals surface area contributed by atoms with Gasteiger partial charge in [-0.2, -0.15) is 0 Å². The molecule has 0 saturated carbocycles. The lowest BCUT2D eigenvalue weighted by Crippen LogP contribution is -2.27. The summed E-state index contributed by atoms with van der Waals surface area (Å²) in [5.74, 6) is 0.667. The van der Waals surface area contributed by atoms with Gasteiger partial charge < -0.3 is 5.32 Å². The molecular formula is C7H13NO. The van der Waals surface area contributed by atoms with Gasteiger partial charge in [0.2, 0.25) is 5.91 Å². The largest absolute Gasteiger partial charge is 0.355 e. The van der Waals surface area contributed by atoms with E-state index in [9.17, 15) is 4.79 Å². The fourth-order valence-corrected chi connectivity index (χ4v) is 0.953. The predicted octanol–water partition coefficient (Wildman–Crippen LogP) is 0.778. The zero-order valence-corrected chi connectivity index (χ0v) is 6.19. The van der Waals surface area contributed by atoms with Crippen LogP contribution in [-0.4, -0.2) is 12.5 Å². The number of carbonyl (C=O) groups excluding carboxylic acids is 1. The van der Waals surface area contributed by atoms with Crippen molar-refractivity contribution in [3.05, 3.63) is 0 Å². The van der Waals surface area contributed by atoms with Gasteiger partial charge in [0.05, 0.1) is 0 Å². The Hall–Kier alpha value is -0.530. The van der Waals surface area contributed by atoms with Crippen LogP contribution in [0, 0.1) is 11.3 Å². The first kappa shape index (κ1) is 6.59. The molecule has 2 heteroatoms. The molecule has 1 saturated heterocycles. The maximum atomic E-state index is 11.0. The molecule has 1 aliphatic heterocycles. The summed E-state index contributed by atoms with van der Waals surface area (Å²) < 4.78 is 0. The monoisotopic (exact) mass is 127 g/mol. The van der Waals surface area contributed by atoms with Crippen molar-refractivity contribution in [3.8, 4) is 0 Å². The summed E-state index contributed by atoms with van der Waals surface area (Å²) in [6.45, 7) is 6.91. The van der Waals surface area contributed by atoms with Gasteiger partial charge in [-0.3, -0.25) is 4.79 Å². The van der Waals surface area contributed by atoms with Crippen LogP contribution in [0.2, 0.25) is 0 Å². The van der Waals surface area contributed by atoms with Crippen molar-refractivity contribution in [2.45, 2.75) is 20.8 Å². The van der Waals surface area contributed by atoms with Gasteiger partial charge in [-0.1, -0.05) is 20.8 Å². The van der Waals surface area contributed by atoms with Crippen LogP contribution in [-0.2, 0) is 4.79 Å². The normalized spacial score (nSPS) is 32.3. The molecule has 1 unspecified atom stereocenters. The molecule has 0 aromatic rings. The van der Waals surface area contributed by atoms with E-state index in [-0.39, 0.29) is 11.3 Å². The average molecular weight is 127 g/mol. The van der Waals surface area contributed by atoms with Crippen LogP contribution in [0.1, 0.15) is 20.8 Å². The van der Waals surface area contributed by atoms with Crippen LogP contribution in [0.3, 0.4) is 0 Å². The zero-order chi connectivity index (χ0) is 7.07. The second kappa shape index (κ2) is 1.72. The lowest BCUT2D eigenvalue weighted by Gasteiger charge is -2.18. The van der Waals surface area contributed by atoms with Gasteiger partial charge in [0.15, 0.2) is 0 Å². The van der Waals surface area contributed by atoms with Gasteiger partial charge >= 0.3 is 0 Å². The summed E-state index contributed by atoms with van der Waals surface area (Å²) in [4.78, 5) is 11.0. The number of hydrogen-bond donors (Lipinski definition) is 1. The van der Waals surface area contributed by atoms with Crippen LogP contribution in [0.4, 0.5) is 0 Å². The van der Waals surface area contributed by atoms with E-state index in [1.165, 1.54) is 0 Å². The second-order valence-corrected chi connectivity index (χ2v) is 3.33. The highest BCUT2D eigenvalue weighted by Crippen LogP contribution is 2.30. The first-order valence-electron chi connectivity index (χ1n) is 3.33. The van der Waals surface area contributed by atoms with Gasteiger partial charge in [0, 0.05) is 12.0 Å². The Morgan fingerprint density at radius 2 is 2.22 bits per heavy atom. The summed E-state index contributed by atoms with van der Waals surface area (Å²) in [5.41, 5.74) is -0.139. The van der Waals surface area contributed by atoms with Crippen molar-refractivity contribution in [3.63, 3.8) is 0 Å². The maximum Gasteiger partial charge on any atom is 0.226 e. The maximum absolute atomic E-state index is 11.0. The van der Waals surface area contributed by atoms with E-state index in [4.69, 9.17) is 0 Å². The molecule has 0 aromatic heterocycles. The smallest absolute Gasteiger partial charge is 0.226 e. The quantitative estimate of drug-likeness (QED) is 0.512. The summed E-state index contributed by atoms with van der Waals surface area (Å²) in [7, 11) is 0. The zero-order valence-electron chi connectivity index (χ0n) is 6.19. The highest BCUT2D eigenvalue weighted by Gasteiger charge is 2.38. The van der Waals surface area contributed by atoms with E-state index in [2.05, 4.69) is 12.2 Å². The van der Waals surface area contributed by atoms with Crippen LogP contribution < -0.4 is 5.32 Å². The third kappa shape index (κ3) is 0.824. The molecule has 9 heavy (non-hydrogen) atoms. The Kier molecular flexibility index (Phi) is 1.26. The Labute approximate surface area is 55.6 Å². The third-order valence-corrected chi connectivity index (χ3v) is 2.39. The molecule has 1 fully saturated rings. The number of carbonyl (C=O) groups is 1. The fourth-order valence-electron chi connectivity index (χ4n) is 0.953. The van der Waals surface area contributed by atoms with E-state index in [1.54, 1.807) is 0 Å². The molecule has 0 aliphatic carbocycles. The van der Waals surface area contributed by atoms with Crippen LogP contribution in [0.5, 0.6) is 0 Å². The van der Waals surface area contributed by atoms with E-state index in [1.807, 2.05) is 13.8 Å². The molecule has 0 radical (unpaired) electrons. The molecule has 0 spiro atoms. The minimum absolute atomic E-state index is 0.139. The first-order chi connectivity index (χ1) is 4.05. The number of rotatable bonds is 0. The molecule has 1 rings (SSSR count). The van der Waals surface area contributed by atoms with Crippen molar-refractivity contribution in [2.24, 2.45) is 11.3 Å². The molecule has 1 heterocycles. The Morgan fingerprint density at radius 3 is 2.33 bits per heavy atom. The SMILES string of the molecule is CC1CNC(=O)C1(C)C. The fraction of sp³-hybridized carbons (Fsp3) is 0.857. The molecule has 1 amide bonds. The highest BCUT2D eigenvalue weighted by molar-refractivity contribution is 5.84. The number of hydrogen-bond acceptors (Lipinski definition) is 1. The highest BCUT2D eigenvalue weighted by atomic mass is 16.2. The summed E-state index contributed by atoms with van der Waals surface area (Å²) in [6, 6.07) is 0. The van der Waals surface area contributed by atoms with Crippen molar-refractivity contribution in [1.29, 1.82) is 0 Å². The standard InChI is InChI=1S/C7H13NO/c1-5-4-8-6(9)7(5,2)3/h5H,4H2,1-3H3,(H,8,9). The number of nitrogens with one attached hydrogen (secondary N) is 1. The van der Waals surface area contributed by atoms with Gasteiger partial charge in [-0.25, -0.2) is 0 Å². The molecule has 2 nitrogen and oxygen atoms in total. The van der Waals surface area contributed by atoms with E-state index < -0.39 is 0 Å². The van der Waals surface area contributed by atoms with Crippen LogP contribution >= 0.6 is 0 Å². The van der Waals surface area contributed by atoms with Gasteiger partial charge in [-0.15, -0.1) is 0 Å². The average Bonchev–Trinajstić information content (AvgIpc) is 1.96. The van der Waals surface area contributed by atoms with E-state index in [0.29, 0.717) is 5.92 Å². The molecule has 1 N–H and O–H groups in total. The third-order valence-electron chi connectivity index (χ3n) is 2.39. The van der Waals surface area contributed by atoms with Crippen molar-refractivity contribution in [1.82, 2.24) is 5.32 Å². The lowest BCUT2D eigenvalue weighted by atomic mass is 9.83. The number of amides is 1. The second-order valence-electron chi connectivity index (χ2n) is 3.33. The summed E-state index contributed by atoms with van der Waals surface area (Å²) >= 11 is 0. The van der Waals surface area contributed by atoms with E-state index in [0.717, 1.165) is 6.54 Å². The Morgan fingerprint density at radius 1 is 1.67 bits per heavy atom. The molecule has 1 aliphatic rings. The van der Waals surface area contributed by atoms with Gasteiger partial charge in [-0.05, 0) is 5.92 Å². The molecule has 0 bridgehead atoms. The molecule has 52 valence electrons. The topological polar surface area (TPSA) is 29.1 Å². The van der Waals surface area contributed by atoms with Crippen LogP contribution in [0.25, 0.3) is 0 Å². The Balaban J connectivity index is 2.78. The molecule has 0 aromatic carbocycles. The molecule has 1 atom stereocenters. The van der Waals surface area contributed by atoms with Crippen molar-refractivity contribution in [2.75, 3.05) is 6.54 Å². The van der Waals surface area contributed by atoms with Crippen molar-refractivity contribution < 1.29 is 4.79 Å². The van der Waals surface area contributed by atoms with E-state index >= 15 is 0 Å². The van der Waals surface area contributed by atoms with Gasteiger partial charge in [0.1, 0.15) is 0 Å².